The number of hydrogen-bond acceptors (Lipinski definition) is 3. The van der Waals surface area contributed by atoms with Crippen LogP contribution in [0.4, 0.5) is 16.2 Å². The number of aryl methyl sites for hydroxylation is 1. The number of carbonyl (C=O) groups excluding carboxylic acids is 2. The van der Waals surface area contributed by atoms with E-state index in [1.165, 1.54) is 0 Å². The van der Waals surface area contributed by atoms with Crippen molar-refractivity contribution >= 4 is 23.2 Å². The van der Waals surface area contributed by atoms with Crippen molar-refractivity contribution in [3.05, 3.63) is 53.3 Å². The smallest absolute Gasteiger partial charge is 0.306 e. The number of urea groups is 1. The summed E-state index contributed by atoms with van der Waals surface area (Å²) >= 11 is 0. The molecule has 1 aromatic heterocycles. The third-order valence-corrected chi connectivity index (χ3v) is 4.28. The first kappa shape index (κ1) is 13.0. The van der Waals surface area contributed by atoms with Crippen molar-refractivity contribution in [2.45, 2.75) is 19.3 Å². The van der Waals surface area contributed by atoms with Gasteiger partial charge in [-0.3, -0.25) is 14.7 Å². The number of benzene rings is 1. The number of anilines is 2. The van der Waals surface area contributed by atoms with Gasteiger partial charge in [0.05, 0.1) is 11.9 Å². The van der Waals surface area contributed by atoms with Crippen LogP contribution in [0.5, 0.6) is 0 Å². The monoisotopic (exact) mass is 293 g/mol. The lowest BCUT2D eigenvalue weighted by atomic mass is 10.0. The maximum Gasteiger partial charge on any atom is 0.326 e. The highest BCUT2D eigenvalue weighted by molar-refractivity contribution is 6.06. The van der Waals surface area contributed by atoms with E-state index < -0.39 is 0 Å². The third-order valence-electron chi connectivity index (χ3n) is 4.28. The van der Waals surface area contributed by atoms with E-state index in [1.54, 1.807) is 29.4 Å². The molecule has 110 valence electrons. The predicted octanol–water partition coefficient (Wildman–Crippen LogP) is 2.81. The minimum atomic E-state index is -0.183. The largest absolute Gasteiger partial charge is 0.326 e. The summed E-state index contributed by atoms with van der Waals surface area (Å²) in [6.07, 6.45) is 5.51. The van der Waals surface area contributed by atoms with Gasteiger partial charge in [0.25, 0.3) is 0 Å². The Labute approximate surface area is 128 Å². The average molecular weight is 293 g/mol. The zero-order valence-electron chi connectivity index (χ0n) is 12.0. The third kappa shape index (κ3) is 2.06. The van der Waals surface area contributed by atoms with Gasteiger partial charge in [-0.25, -0.2) is 4.79 Å². The van der Waals surface area contributed by atoms with Gasteiger partial charge in [0, 0.05) is 30.4 Å². The lowest BCUT2D eigenvalue weighted by Gasteiger charge is -2.18. The van der Waals surface area contributed by atoms with Crippen LogP contribution in [0.2, 0.25) is 0 Å². The first-order valence-electron chi connectivity index (χ1n) is 7.40. The zero-order valence-corrected chi connectivity index (χ0v) is 12.0. The highest BCUT2D eigenvalue weighted by Gasteiger charge is 2.29. The van der Waals surface area contributed by atoms with Crippen LogP contribution in [-0.2, 0) is 12.8 Å². The van der Waals surface area contributed by atoms with E-state index in [2.05, 4.69) is 16.4 Å². The minimum Gasteiger partial charge on any atom is -0.306 e. The summed E-state index contributed by atoms with van der Waals surface area (Å²) in [7, 11) is 0. The molecule has 2 aromatic rings. The Morgan fingerprint density at radius 3 is 2.91 bits per heavy atom. The lowest BCUT2D eigenvalue weighted by Crippen LogP contribution is -2.33. The van der Waals surface area contributed by atoms with Gasteiger partial charge >= 0.3 is 6.03 Å². The molecule has 0 atom stereocenters. The molecule has 0 spiro atoms. The number of nitrogens with zero attached hydrogens (tertiary/aromatic N) is 2. The van der Waals surface area contributed by atoms with Crippen LogP contribution in [0.15, 0.2) is 36.7 Å². The number of ketones is 1. The van der Waals surface area contributed by atoms with Crippen LogP contribution >= 0.6 is 0 Å². The first-order chi connectivity index (χ1) is 10.7. The average Bonchev–Trinajstić information content (AvgIpc) is 3.10. The molecule has 1 N–H and O–H groups in total. The molecule has 2 aliphatic rings. The van der Waals surface area contributed by atoms with Gasteiger partial charge in [-0.05, 0) is 42.2 Å². The number of carbonyl (C=O) groups is 2. The van der Waals surface area contributed by atoms with Crippen molar-refractivity contribution in [2.24, 2.45) is 0 Å². The van der Waals surface area contributed by atoms with Gasteiger partial charge in [0.1, 0.15) is 0 Å². The highest BCUT2D eigenvalue weighted by atomic mass is 16.2. The molecule has 0 saturated carbocycles. The number of hydrogen-bond donors (Lipinski definition) is 1. The summed E-state index contributed by atoms with van der Waals surface area (Å²) in [5.74, 6) is 0.178. The van der Waals surface area contributed by atoms with Crippen LogP contribution in [-0.4, -0.2) is 23.3 Å². The molecule has 0 saturated heterocycles. The Kier molecular flexibility index (Phi) is 2.92. The highest BCUT2D eigenvalue weighted by Crippen LogP contribution is 2.35. The summed E-state index contributed by atoms with van der Waals surface area (Å²) in [5, 5.41) is 2.84. The Hall–Kier alpha value is -2.69. The van der Waals surface area contributed by atoms with Crippen molar-refractivity contribution in [3.8, 4) is 0 Å². The molecule has 1 aromatic carbocycles. The predicted molar refractivity (Wildman–Crippen MR) is 83.4 cm³/mol. The molecule has 0 bridgehead atoms. The standard InChI is InChI=1S/C17H15N3O2/c21-16-4-3-11-8-12-5-7-20(15(12)9-14(11)16)17(22)19-13-2-1-6-18-10-13/h1-2,6,8-10H,3-5,7H2,(H,19,22). The summed E-state index contributed by atoms with van der Waals surface area (Å²) in [4.78, 5) is 30.1. The molecule has 5 heteroatoms. The van der Waals surface area contributed by atoms with Crippen molar-refractivity contribution in [1.82, 2.24) is 4.98 Å². The van der Waals surface area contributed by atoms with Crippen molar-refractivity contribution in [1.29, 1.82) is 0 Å². The van der Waals surface area contributed by atoms with E-state index in [9.17, 15) is 9.59 Å². The molecule has 2 heterocycles. The molecule has 1 aliphatic heterocycles. The maximum atomic E-state index is 12.5. The van der Waals surface area contributed by atoms with Gasteiger partial charge in [-0.15, -0.1) is 0 Å². The molecular weight excluding hydrogens is 278 g/mol. The fourth-order valence-electron chi connectivity index (χ4n) is 3.18. The van der Waals surface area contributed by atoms with E-state index in [1.807, 2.05) is 6.07 Å². The molecule has 2 amide bonds. The SMILES string of the molecule is O=C1CCc2cc3c(cc21)N(C(=O)Nc1cccnc1)CC3. The number of Topliss-reactive ketones (excluding diaryl/α,β-unsaturated/α-hetero) is 1. The normalized spacial score (nSPS) is 15.6. The van der Waals surface area contributed by atoms with Crippen LogP contribution < -0.4 is 10.2 Å². The fourth-order valence-corrected chi connectivity index (χ4v) is 3.18. The van der Waals surface area contributed by atoms with Crippen LogP contribution in [0.3, 0.4) is 0 Å². The Morgan fingerprint density at radius 2 is 2.09 bits per heavy atom. The van der Waals surface area contributed by atoms with Gasteiger partial charge in [0.2, 0.25) is 0 Å². The molecule has 22 heavy (non-hydrogen) atoms. The summed E-state index contributed by atoms with van der Waals surface area (Å²) < 4.78 is 0. The summed E-state index contributed by atoms with van der Waals surface area (Å²) in [6, 6.07) is 7.37. The molecule has 0 radical (unpaired) electrons. The maximum absolute atomic E-state index is 12.5. The minimum absolute atomic E-state index is 0.178. The molecule has 0 fully saturated rings. The molecule has 5 nitrogen and oxygen atoms in total. The topological polar surface area (TPSA) is 62.3 Å². The number of amides is 2. The van der Waals surface area contributed by atoms with Crippen LogP contribution in [0.25, 0.3) is 0 Å². The van der Waals surface area contributed by atoms with E-state index in [0.717, 1.165) is 35.2 Å². The molecular formula is C17H15N3O2. The first-order valence-corrected chi connectivity index (χ1v) is 7.40. The number of rotatable bonds is 1. The molecule has 4 rings (SSSR count). The van der Waals surface area contributed by atoms with Crippen molar-refractivity contribution in [2.75, 3.05) is 16.8 Å². The van der Waals surface area contributed by atoms with Crippen molar-refractivity contribution in [3.63, 3.8) is 0 Å². The second-order valence-electron chi connectivity index (χ2n) is 5.63. The summed E-state index contributed by atoms with van der Waals surface area (Å²) in [5.41, 5.74) is 4.57. The second kappa shape index (κ2) is 4.94. The van der Waals surface area contributed by atoms with Gasteiger partial charge in [-0.1, -0.05) is 6.07 Å². The van der Waals surface area contributed by atoms with E-state index in [-0.39, 0.29) is 11.8 Å². The number of nitrogens with one attached hydrogen (secondary N) is 1. The quantitative estimate of drug-likeness (QED) is 0.879. The molecule has 1 aliphatic carbocycles. The van der Waals surface area contributed by atoms with Gasteiger partial charge < -0.3 is 5.32 Å². The van der Waals surface area contributed by atoms with Crippen molar-refractivity contribution < 1.29 is 9.59 Å². The number of pyridine rings is 1. The van der Waals surface area contributed by atoms with Crippen LogP contribution in [0.1, 0.15) is 27.9 Å². The van der Waals surface area contributed by atoms with Gasteiger partial charge in [-0.2, -0.15) is 0 Å². The zero-order chi connectivity index (χ0) is 15.1. The Morgan fingerprint density at radius 1 is 1.18 bits per heavy atom. The lowest BCUT2D eigenvalue weighted by molar-refractivity contribution is 0.0994. The Balaban J connectivity index is 1.63. The van der Waals surface area contributed by atoms with Gasteiger partial charge in [0.15, 0.2) is 5.78 Å². The van der Waals surface area contributed by atoms with E-state index >= 15 is 0 Å². The van der Waals surface area contributed by atoms with E-state index in [0.29, 0.717) is 18.7 Å². The summed E-state index contributed by atoms with van der Waals surface area (Å²) in [6.45, 7) is 0.637. The van der Waals surface area contributed by atoms with Crippen LogP contribution in [0, 0.1) is 0 Å². The molecule has 0 unspecified atom stereocenters. The Bertz CT molecular complexity index is 771. The number of aromatic nitrogens is 1. The van der Waals surface area contributed by atoms with E-state index in [4.69, 9.17) is 0 Å². The number of fused-ring (bicyclic) bond motifs is 2. The fraction of sp³-hybridized carbons (Fsp3) is 0.235. The second-order valence-corrected chi connectivity index (χ2v) is 5.63.